The third kappa shape index (κ3) is 4.05. The van der Waals surface area contributed by atoms with Gasteiger partial charge < -0.3 is 4.74 Å². The van der Waals surface area contributed by atoms with Gasteiger partial charge in [0.25, 0.3) is 0 Å². The molecule has 0 N–H and O–H groups in total. The number of likely N-dealkylation sites (tertiary alicyclic amines) is 2. The number of hydrogen-bond acceptors (Lipinski definition) is 4. The second kappa shape index (κ2) is 8.07. The van der Waals surface area contributed by atoms with Crippen LogP contribution < -0.4 is 4.74 Å². The van der Waals surface area contributed by atoms with E-state index in [1.807, 2.05) is 6.07 Å². The lowest BCUT2D eigenvalue weighted by Gasteiger charge is -2.41. The first-order valence-corrected chi connectivity index (χ1v) is 11.2. The maximum absolute atomic E-state index is 14.2. The van der Waals surface area contributed by atoms with Gasteiger partial charge in [0.1, 0.15) is 11.6 Å². The van der Waals surface area contributed by atoms with Crippen molar-refractivity contribution in [3.63, 3.8) is 0 Å². The molecule has 4 rings (SSSR count). The summed E-state index contributed by atoms with van der Waals surface area (Å²) in [5.41, 5.74) is 1.19. The van der Waals surface area contributed by atoms with Gasteiger partial charge in [-0.3, -0.25) is 9.80 Å². The molecule has 5 heteroatoms. The molecule has 3 saturated heterocycles. The van der Waals surface area contributed by atoms with Crippen LogP contribution in [-0.2, 0) is 6.54 Å². The second-order valence-corrected chi connectivity index (χ2v) is 9.56. The van der Waals surface area contributed by atoms with Crippen LogP contribution in [0.15, 0.2) is 18.2 Å². The van der Waals surface area contributed by atoms with Gasteiger partial charge in [0.05, 0.1) is 7.11 Å². The first-order valence-electron chi connectivity index (χ1n) is 10.0. The fourth-order valence-corrected chi connectivity index (χ4v) is 6.23. The van der Waals surface area contributed by atoms with Crippen LogP contribution in [0.2, 0.25) is 0 Å². The minimum Gasteiger partial charge on any atom is -0.497 e. The van der Waals surface area contributed by atoms with Crippen LogP contribution >= 0.6 is 11.8 Å². The van der Waals surface area contributed by atoms with Gasteiger partial charge in [-0.15, -0.1) is 0 Å². The van der Waals surface area contributed by atoms with Crippen LogP contribution in [0.3, 0.4) is 0 Å². The second-order valence-electron chi connectivity index (χ2n) is 8.34. The summed E-state index contributed by atoms with van der Waals surface area (Å²) in [5.74, 6) is 3.29. The molecule has 0 amide bonds. The van der Waals surface area contributed by atoms with Crippen molar-refractivity contribution in [1.29, 1.82) is 0 Å². The van der Waals surface area contributed by atoms with E-state index in [1.54, 1.807) is 13.2 Å². The number of ether oxygens (including phenoxy) is 1. The Hall–Kier alpha value is -0.780. The Morgan fingerprint density at radius 3 is 2.85 bits per heavy atom. The molecular weight excluding hydrogens is 347 g/mol. The number of piperidine rings is 1. The molecule has 3 aliphatic rings. The first-order chi connectivity index (χ1) is 12.7. The van der Waals surface area contributed by atoms with E-state index < -0.39 is 0 Å². The van der Waals surface area contributed by atoms with Crippen LogP contribution in [0.4, 0.5) is 4.39 Å². The highest BCUT2D eigenvalue weighted by Gasteiger charge is 2.43. The Morgan fingerprint density at radius 2 is 2.04 bits per heavy atom. The van der Waals surface area contributed by atoms with Crippen molar-refractivity contribution in [3.05, 3.63) is 29.6 Å². The summed E-state index contributed by atoms with van der Waals surface area (Å²) in [7, 11) is 1.64. The highest BCUT2D eigenvalue weighted by atomic mass is 32.2. The van der Waals surface area contributed by atoms with E-state index in [4.69, 9.17) is 4.74 Å². The van der Waals surface area contributed by atoms with Gasteiger partial charge in [-0.1, -0.05) is 0 Å². The molecule has 3 nitrogen and oxygen atoms in total. The van der Waals surface area contributed by atoms with Crippen LogP contribution in [-0.4, -0.2) is 60.6 Å². The van der Waals surface area contributed by atoms with Crippen molar-refractivity contribution in [1.82, 2.24) is 9.80 Å². The number of halogens is 1. The standard InChI is InChI=1S/C21H31FN2OS/c1-25-19-3-4-20(22)17(13-19)14-23-9-2-7-21(15-23)8-10-24(16-21)18-5-11-26-12-6-18/h3-4,13,18H,2,5-12,14-16H2,1H3. The van der Waals surface area contributed by atoms with E-state index in [1.165, 1.54) is 62.8 Å². The lowest BCUT2D eigenvalue weighted by molar-refractivity contribution is 0.0797. The molecular formula is C21H31FN2OS. The monoisotopic (exact) mass is 378 g/mol. The zero-order valence-corrected chi connectivity index (χ0v) is 16.7. The van der Waals surface area contributed by atoms with Gasteiger partial charge in [0.2, 0.25) is 0 Å². The summed E-state index contributed by atoms with van der Waals surface area (Å²) in [6, 6.07) is 5.90. The molecule has 1 unspecified atom stereocenters. The summed E-state index contributed by atoms with van der Waals surface area (Å²) in [5, 5.41) is 0. The lowest BCUT2D eigenvalue weighted by Crippen LogP contribution is -2.46. The third-order valence-corrected chi connectivity index (χ3v) is 7.61. The Bertz CT molecular complexity index is 622. The molecule has 144 valence electrons. The number of benzene rings is 1. The summed E-state index contributed by atoms with van der Waals surface area (Å²) in [6.45, 7) is 5.40. The van der Waals surface area contributed by atoms with Gasteiger partial charge >= 0.3 is 0 Å². The number of thioether (sulfide) groups is 1. The SMILES string of the molecule is COc1ccc(F)c(CN2CCCC3(CCN(C4CCSCC4)C3)C2)c1. The largest absolute Gasteiger partial charge is 0.497 e. The van der Waals surface area contributed by atoms with E-state index in [2.05, 4.69) is 21.6 Å². The average Bonchev–Trinajstić information content (AvgIpc) is 3.07. The Labute approximate surface area is 161 Å². The maximum atomic E-state index is 14.2. The molecule has 1 aromatic rings. The van der Waals surface area contributed by atoms with Crippen LogP contribution in [0.1, 0.15) is 37.7 Å². The fraction of sp³-hybridized carbons (Fsp3) is 0.714. The van der Waals surface area contributed by atoms with Gasteiger partial charge in [-0.2, -0.15) is 11.8 Å². The number of nitrogens with zero attached hydrogens (tertiary/aromatic N) is 2. The maximum Gasteiger partial charge on any atom is 0.127 e. The molecule has 26 heavy (non-hydrogen) atoms. The fourth-order valence-electron chi connectivity index (χ4n) is 5.15. The van der Waals surface area contributed by atoms with E-state index in [-0.39, 0.29) is 5.82 Å². The van der Waals surface area contributed by atoms with E-state index in [0.717, 1.165) is 30.4 Å². The van der Waals surface area contributed by atoms with Crippen molar-refractivity contribution in [2.75, 3.05) is 44.8 Å². The molecule has 3 aliphatic heterocycles. The molecule has 0 aliphatic carbocycles. The molecule has 0 bridgehead atoms. The van der Waals surface area contributed by atoms with E-state index >= 15 is 0 Å². The zero-order valence-electron chi connectivity index (χ0n) is 15.9. The van der Waals surface area contributed by atoms with Crippen LogP contribution in [0, 0.1) is 11.2 Å². The Morgan fingerprint density at radius 1 is 1.19 bits per heavy atom. The first kappa shape index (κ1) is 18.6. The number of hydrogen-bond donors (Lipinski definition) is 0. The van der Waals surface area contributed by atoms with Crippen LogP contribution in [0.25, 0.3) is 0 Å². The van der Waals surface area contributed by atoms with Crippen molar-refractivity contribution in [3.8, 4) is 5.75 Å². The van der Waals surface area contributed by atoms with Crippen LogP contribution in [0.5, 0.6) is 5.75 Å². The molecule has 1 atom stereocenters. The number of rotatable bonds is 4. The molecule has 0 radical (unpaired) electrons. The Balaban J connectivity index is 1.40. The summed E-state index contributed by atoms with van der Waals surface area (Å²) in [4.78, 5) is 5.25. The highest BCUT2D eigenvalue weighted by Crippen LogP contribution is 2.41. The van der Waals surface area contributed by atoms with Gasteiger partial charge in [-0.25, -0.2) is 4.39 Å². The van der Waals surface area contributed by atoms with Gasteiger partial charge in [0, 0.05) is 31.2 Å². The zero-order chi connectivity index (χ0) is 18.0. The normalized spacial score (nSPS) is 28.7. The lowest BCUT2D eigenvalue weighted by atomic mass is 9.79. The molecule has 1 aromatic carbocycles. The summed E-state index contributed by atoms with van der Waals surface area (Å²) < 4.78 is 19.5. The van der Waals surface area contributed by atoms with E-state index in [0.29, 0.717) is 12.0 Å². The minimum absolute atomic E-state index is 0.113. The van der Waals surface area contributed by atoms with Crippen molar-refractivity contribution >= 4 is 11.8 Å². The molecule has 1 spiro atoms. The number of methoxy groups -OCH3 is 1. The molecule has 3 fully saturated rings. The molecule has 0 saturated carbocycles. The van der Waals surface area contributed by atoms with E-state index in [9.17, 15) is 4.39 Å². The molecule has 3 heterocycles. The highest BCUT2D eigenvalue weighted by molar-refractivity contribution is 7.99. The quantitative estimate of drug-likeness (QED) is 0.786. The minimum atomic E-state index is -0.113. The van der Waals surface area contributed by atoms with Gasteiger partial charge in [-0.05, 0) is 80.3 Å². The Kier molecular flexibility index (Phi) is 5.77. The van der Waals surface area contributed by atoms with Crippen molar-refractivity contribution in [2.45, 2.75) is 44.7 Å². The van der Waals surface area contributed by atoms with Crippen molar-refractivity contribution in [2.24, 2.45) is 5.41 Å². The smallest absolute Gasteiger partial charge is 0.127 e. The topological polar surface area (TPSA) is 15.7 Å². The summed E-state index contributed by atoms with van der Waals surface area (Å²) >= 11 is 2.11. The average molecular weight is 379 g/mol. The van der Waals surface area contributed by atoms with Gasteiger partial charge in [0.15, 0.2) is 0 Å². The predicted molar refractivity (Wildman–Crippen MR) is 106 cm³/mol. The summed E-state index contributed by atoms with van der Waals surface area (Å²) in [6.07, 6.45) is 6.61. The van der Waals surface area contributed by atoms with Crippen molar-refractivity contribution < 1.29 is 9.13 Å². The predicted octanol–water partition coefficient (Wildman–Crippen LogP) is 4.02. The third-order valence-electron chi connectivity index (χ3n) is 6.56. The molecule has 0 aromatic heterocycles.